The molecule has 0 aliphatic heterocycles. The molecule has 1 heterocycles. The van der Waals surface area contributed by atoms with Gasteiger partial charge < -0.3 is 19.5 Å². The fourth-order valence-corrected chi connectivity index (χ4v) is 5.77. The van der Waals surface area contributed by atoms with Crippen molar-refractivity contribution in [1.29, 1.82) is 0 Å². The standard InChI is InChI=1S/C38H41N5O5/c1-4-27(3)36(40-37(44)21-33-22-39-26-42(33)23-28-13-17-32(18-14-28)43(46)47)25-41(38(45)30-15-19-34(20-16-30)48-5-2)24-31-11-8-10-29-9-6-7-12-35(29)31/h6-20,22,26-27,36H,4-5,21,23-25H2,1-3H3,(H,40,44)/t27-,36+/m0/s1. The van der Waals surface area contributed by atoms with Crippen LogP contribution in [-0.4, -0.2) is 50.4 Å². The molecule has 1 aromatic heterocycles. The molecular weight excluding hydrogens is 606 g/mol. The third-order valence-electron chi connectivity index (χ3n) is 8.68. The Morgan fingerprint density at radius 3 is 2.42 bits per heavy atom. The number of nitrogens with one attached hydrogen (secondary N) is 1. The fourth-order valence-electron chi connectivity index (χ4n) is 5.77. The van der Waals surface area contributed by atoms with Crippen molar-refractivity contribution in [1.82, 2.24) is 19.8 Å². The van der Waals surface area contributed by atoms with Crippen molar-refractivity contribution in [3.05, 3.63) is 136 Å². The second-order valence-corrected chi connectivity index (χ2v) is 12.0. The minimum atomic E-state index is -0.431. The van der Waals surface area contributed by atoms with E-state index >= 15 is 0 Å². The Kier molecular flexibility index (Phi) is 11.2. The minimum absolute atomic E-state index is 0.0237. The summed E-state index contributed by atoms with van der Waals surface area (Å²) in [4.78, 5) is 44.4. The first-order chi connectivity index (χ1) is 23.2. The number of non-ortho nitro benzene ring substituents is 1. The largest absolute Gasteiger partial charge is 0.494 e. The average molecular weight is 648 g/mol. The van der Waals surface area contributed by atoms with Crippen LogP contribution >= 0.6 is 0 Å². The lowest BCUT2D eigenvalue weighted by Gasteiger charge is -2.32. The molecule has 0 bridgehead atoms. The highest BCUT2D eigenvalue weighted by atomic mass is 16.6. The van der Waals surface area contributed by atoms with Gasteiger partial charge in [-0.25, -0.2) is 4.98 Å². The van der Waals surface area contributed by atoms with E-state index in [2.05, 4.69) is 42.3 Å². The minimum Gasteiger partial charge on any atom is -0.494 e. The van der Waals surface area contributed by atoms with E-state index < -0.39 is 4.92 Å². The average Bonchev–Trinajstić information content (AvgIpc) is 3.53. The second-order valence-electron chi connectivity index (χ2n) is 12.0. The number of carbonyl (C=O) groups is 2. The lowest BCUT2D eigenvalue weighted by atomic mass is 9.97. The Balaban J connectivity index is 1.36. The molecule has 0 aliphatic carbocycles. The number of carbonyl (C=O) groups excluding carboxylic acids is 2. The molecule has 0 radical (unpaired) electrons. The van der Waals surface area contributed by atoms with E-state index in [0.717, 1.165) is 28.3 Å². The van der Waals surface area contributed by atoms with Crippen LogP contribution < -0.4 is 10.1 Å². The number of amides is 2. The number of benzene rings is 4. The molecule has 0 saturated heterocycles. The zero-order chi connectivity index (χ0) is 34.0. The Bertz CT molecular complexity index is 1850. The monoisotopic (exact) mass is 647 g/mol. The van der Waals surface area contributed by atoms with Gasteiger partial charge in [-0.05, 0) is 59.0 Å². The highest BCUT2D eigenvalue weighted by Crippen LogP contribution is 2.23. The quantitative estimate of drug-likeness (QED) is 0.0985. The van der Waals surface area contributed by atoms with Crippen LogP contribution in [0.3, 0.4) is 0 Å². The molecule has 5 aromatic rings. The molecular formula is C38H41N5O5. The van der Waals surface area contributed by atoms with Crippen LogP contribution in [-0.2, 0) is 24.3 Å². The van der Waals surface area contributed by atoms with Crippen molar-refractivity contribution in [2.45, 2.75) is 52.7 Å². The van der Waals surface area contributed by atoms with Crippen molar-refractivity contribution >= 4 is 28.3 Å². The summed E-state index contributed by atoms with van der Waals surface area (Å²) in [6.07, 6.45) is 4.21. The number of rotatable bonds is 15. The Morgan fingerprint density at radius 1 is 0.979 bits per heavy atom. The van der Waals surface area contributed by atoms with Crippen molar-refractivity contribution in [2.75, 3.05) is 13.2 Å². The third-order valence-corrected chi connectivity index (χ3v) is 8.68. The number of hydrogen-bond acceptors (Lipinski definition) is 6. The van der Waals surface area contributed by atoms with Gasteiger partial charge in [-0.1, -0.05) is 74.9 Å². The van der Waals surface area contributed by atoms with Gasteiger partial charge in [0.1, 0.15) is 5.75 Å². The molecule has 0 unspecified atom stereocenters. The van der Waals surface area contributed by atoms with Crippen molar-refractivity contribution < 1.29 is 19.2 Å². The normalized spacial score (nSPS) is 12.3. The molecule has 0 fully saturated rings. The molecule has 248 valence electrons. The first kappa shape index (κ1) is 33.8. The van der Waals surface area contributed by atoms with Crippen molar-refractivity contribution in [3.8, 4) is 5.75 Å². The van der Waals surface area contributed by atoms with Crippen LogP contribution in [0.15, 0.2) is 104 Å². The lowest BCUT2D eigenvalue weighted by molar-refractivity contribution is -0.384. The van der Waals surface area contributed by atoms with Crippen LogP contribution in [0.1, 0.15) is 54.4 Å². The molecule has 48 heavy (non-hydrogen) atoms. The van der Waals surface area contributed by atoms with Gasteiger partial charge in [-0.3, -0.25) is 19.7 Å². The van der Waals surface area contributed by atoms with Crippen LogP contribution in [0, 0.1) is 16.0 Å². The number of aromatic nitrogens is 2. The van der Waals surface area contributed by atoms with E-state index in [1.807, 2.05) is 40.7 Å². The number of hydrogen-bond donors (Lipinski definition) is 1. The van der Waals surface area contributed by atoms with Crippen molar-refractivity contribution in [3.63, 3.8) is 0 Å². The van der Waals surface area contributed by atoms with E-state index in [1.165, 1.54) is 12.1 Å². The summed E-state index contributed by atoms with van der Waals surface area (Å²) >= 11 is 0. The van der Waals surface area contributed by atoms with Gasteiger partial charge in [0.25, 0.3) is 11.6 Å². The summed E-state index contributed by atoms with van der Waals surface area (Å²) in [6.45, 7) is 7.73. The van der Waals surface area contributed by atoms with E-state index in [1.54, 1.807) is 48.9 Å². The molecule has 0 aliphatic rings. The molecule has 0 spiro atoms. The summed E-state index contributed by atoms with van der Waals surface area (Å²) in [6, 6.07) is 27.4. The van der Waals surface area contributed by atoms with Gasteiger partial charge in [0, 0.05) is 55.3 Å². The zero-order valence-corrected chi connectivity index (χ0v) is 27.5. The topological polar surface area (TPSA) is 120 Å². The van der Waals surface area contributed by atoms with Crippen LogP contribution in [0.25, 0.3) is 10.8 Å². The molecule has 5 rings (SSSR count). The van der Waals surface area contributed by atoms with E-state index in [9.17, 15) is 19.7 Å². The van der Waals surface area contributed by atoms with E-state index in [0.29, 0.717) is 43.2 Å². The predicted octanol–water partition coefficient (Wildman–Crippen LogP) is 6.81. The summed E-state index contributed by atoms with van der Waals surface area (Å²) in [5.74, 6) is 0.480. The fraction of sp³-hybridized carbons (Fsp3) is 0.289. The Labute approximate surface area is 280 Å². The smallest absolute Gasteiger partial charge is 0.269 e. The summed E-state index contributed by atoms with van der Waals surface area (Å²) in [5.41, 5.74) is 3.16. The van der Waals surface area contributed by atoms with Gasteiger partial charge in [0.15, 0.2) is 0 Å². The highest BCUT2D eigenvalue weighted by Gasteiger charge is 2.26. The molecule has 10 nitrogen and oxygen atoms in total. The summed E-state index contributed by atoms with van der Waals surface area (Å²) in [5, 5.41) is 16.4. The van der Waals surface area contributed by atoms with Gasteiger partial charge in [0.2, 0.25) is 5.91 Å². The summed E-state index contributed by atoms with van der Waals surface area (Å²) in [7, 11) is 0. The zero-order valence-electron chi connectivity index (χ0n) is 27.5. The van der Waals surface area contributed by atoms with Gasteiger partial charge in [-0.15, -0.1) is 0 Å². The number of ether oxygens (including phenoxy) is 1. The molecule has 1 N–H and O–H groups in total. The first-order valence-electron chi connectivity index (χ1n) is 16.3. The number of nitrogens with zero attached hydrogens (tertiary/aromatic N) is 4. The Morgan fingerprint density at radius 2 is 1.71 bits per heavy atom. The molecule has 4 aromatic carbocycles. The molecule has 2 atom stereocenters. The van der Waals surface area contributed by atoms with Crippen LogP contribution in [0.4, 0.5) is 5.69 Å². The number of nitro benzene ring substituents is 1. The number of imidazole rings is 1. The highest BCUT2D eigenvalue weighted by molar-refractivity contribution is 5.95. The lowest BCUT2D eigenvalue weighted by Crippen LogP contribution is -2.49. The molecule has 10 heteroatoms. The first-order valence-corrected chi connectivity index (χ1v) is 16.3. The van der Waals surface area contributed by atoms with Gasteiger partial charge in [0.05, 0.1) is 24.3 Å². The van der Waals surface area contributed by atoms with Crippen LogP contribution in [0.5, 0.6) is 5.75 Å². The Hall–Kier alpha value is -5.51. The number of fused-ring (bicyclic) bond motifs is 1. The maximum Gasteiger partial charge on any atom is 0.269 e. The van der Waals surface area contributed by atoms with E-state index in [4.69, 9.17) is 4.74 Å². The summed E-state index contributed by atoms with van der Waals surface area (Å²) < 4.78 is 7.46. The van der Waals surface area contributed by atoms with Crippen LogP contribution in [0.2, 0.25) is 0 Å². The SMILES string of the molecule is CCOc1ccc(C(=O)N(Cc2cccc3ccccc23)C[C@@H](NC(=O)Cc2cncn2Cc2ccc([N+](=O)[O-])cc2)[C@@H](C)CC)cc1. The predicted molar refractivity (Wildman–Crippen MR) is 186 cm³/mol. The molecule has 0 saturated carbocycles. The van der Waals surface area contributed by atoms with E-state index in [-0.39, 0.29) is 35.9 Å². The second kappa shape index (κ2) is 15.9. The van der Waals surface area contributed by atoms with Crippen molar-refractivity contribution in [2.24, 2.45) is 5.92 Å². The number of nitro groups is 1. The molecule has 2 amide bonds. The van der Waals surface area contributed by atoms with Gasteiger partial charge >= 0.3 is 0 Å². The van der Waals surface area contributed by atoms with Gasteiger partial charge in [-0.2, -0.15) is 0 Å². The maximum atomic E-state index is 14.1. The maximum absolute atomic E-state index is 14.1. The third kappa shape index (κ3) is 8.44.